The number of carbonyl (C=O) groups excluding carboxylic acids is 2. The number of rotatable bonds is 7. The van der Waals surface area contributed by atoms with Gasteiger partial charge in [-0.3, -0.25) is 4.79 Å². The van der Waals surface area contributed by atoms with Crippen LogP contribution in [0.3, 0.4) is 0 Å². The SMILES string of the molecule is CCOC(=O)c1ccc(Nc2nccc(C(=O)Nc3ccccc3CC)n2)cc1. The summed E-state index contributed by atoms with van der Waals surface area (Å²) in [5.74, 6) is -0.402. The highest BCUT2D eigenvalue weighted by molar-refractivity contribution is 6.03. The van der Waals surface area contributed by atoms with Crippen molar-refractivity contribution in [2.24, 2.45) is 0 Å². The number of aromatic nitrogens is 2. The number of benzene rings is 2. The number of hydrogen-bond donors (Lipinski definition) is 2. The number of ether oxygens (including phenoxy) is 1. The summed E-state index contributed by atoms with van der Waals surface area (Å²) in [6, 6.07) is 16.0. The second kappa shape index (κ2) is 9.45. The molecular formula is C22H22N4O3. The van der Waals surface area contributed by atoms with E-state index in [0.717, 1.165) is 17.7 Å². The minimum atomic E-state index is -0.374. The number of nitrogens with one attached hydrogen (secondary N) is 2. The van der Waals surface area contributed by atoms with Crippen molar-refractivity contribution in [3.05, 3.63) is 77.6 Å². The van der Waals surface area contributed by atoms with Crippen LogP contribution >= 0.6 is 0 Å². The van der Waals surface area contributed by atoms with Gasteiger partial charge in [-0.2, -0.15) is 0 Å². The summed E-state index contributed by atoms with van der Waals surface area (Å²) in [7, 11) is 0. The molecule has 1 aromatic heterocycles. The molecule has 0 bridgehead atoms. The van der Waals surface area contributed by atoms with Crippen LogP contribution in [0.1, 0.15) is 40.3 Å². The first-order valence-electron chi connectivity index (χ1n) is 9.37. The van der Waals surface area contributed by atoms with Crippen LogP contribution in [0.5, 0.6) is 0 Å². The molecule has 2 aromatic carbocycles. The molecule has 0 fully saturated rings. The number of esters is 1. The molecule has 7 nitrogen and oxygen atoms in total. The van der Waals surface area contributed by atoms with Crippen LogP contribution in [0.25, 0.3) is 0 Å². The third-order valence-corrected chi connectivity index (χ3v) is 4.19. The van der Waals surface area contributed by atoms with Crippen LogP contribution in [0.4, 0.5) is 17.3 Å². The Morgan fingerprint density at radius 2 is 1.76 bits per heavy atom. The molecule has 0 radical (unpaired) electrons. The van der Waals surface area contributed by atoms with E-state index in [4.69, 9.17) is 4.74 Å². The third kappa shape index (κ3) is 5.16. The van der Waals surface area contributed by atoms with Crippen molar-refractivity contribution < 1.29 is 14.3 Å². The van der Waals surface area contributed by atoms with E-state index in [2.05, 4.69) is 20.6 Å². The summed E-state index contributed by atoms with van der Waals surface area (Å²) in [6.07, 6.45) is 2.33. The van der Waals surface area contributed by atoms with Gasteiger partial charge in [0.1, 0.15) is 5.69 Å². The summed E-state index contributed by atoms with van der Waals surface area (Å²) >= 11 is 0. The van der Waals surface area contributed by atoms with Gasteiger partial charge in [0.2, 0.25) is 5.95 Å². The van der Waals surface area contributed by atoms with Gasteiger partial charge >= 0.3 is 5.97 Å². The largest absolute Gasteiger partial charge is 0.462 e. The lowest BCUT2D eigenvalue weighted by Crippen LogP contribution is -2.15. The van der Waals surface area contributed by atoms with E-state index in [9.17, 15) is 9.59 Å². The zero-order valence-electron chi connectivity index (χ0n) is 16.3. The van der Waals surface area contributed by atoms with Gasteiger partial charge in [0, 0.05) is 17.6 Å². The Morgan fingerprint density at radius 1 is 1.00 bits per heavy atom. The number of aryl methyl sites for hydroxylation is 1. The fourth-order valence-corrected chi connectivity index (χ4v) is 2.72. The van der Waals surface area contributed by atoms with Crippen LogP contribution in [0.15, 0.2) is 60.8 Å². The minimum Gasteiger partial charge on any atom is -0.462 e. The highest BCUT2D eigenvalue weighted by Crippen LogP contribution is 2.18. The lowest BCUT2D eigenvalue weighted by Gasteiger charge is -2.10. The van der Waals surface area contributed by atoms with E-state index in [1.807, 2.05) is 31.2 Å². The maximum atomic E-state index is 12.6. The van der Waals surface area contributed by atoms with Gasteiger partial charge in [0.05, 0.1) is 12.2 Å². The van der Waals surface area contributed by atoms with Crippen LogP contribution in [-0.2, 0) is 11.2 Å². The molecule has 0 atom stereocenters. The number of nitrogens with zero attached hydrogens (tertiary/aromatic N) is 2. The Bertz CT molecular complexity index is 1000. The van der Waals surface area contributed by atoms with Gasteiger partial charge in [0.15, 0.2) is 0 Å². The van der Waals surface area contributed by atoms with Crippen molar-refractivity contribution in [2.75, 3.05) is 17.2 Å². The van der Waals surface area contributed by atoms with Crippen LogP contribution in [0, 0.1) is 0 Å². The van der Waals surface area contributed by atoms with Crippen LogP contribution < -0.4 is 10.6 Å². The van der Waals surface area contributed by atoms with Gasteiger partial charge < -0.3 is 15.4 Å². The Labute approximate surface area is 169 Å². The zero-order chi connectivity index (χ0) is 20.6. The number of para-hydroxylation sites is 1. The van der Waals surface area contributed by atoms with E-state index < -0.39 is 0 Å². The van der Waals surface area contributed by atoms with Crippen LogP contribution in [-0.4, -0.2) is 28.5 Å². The van der Waals surface area contributed by atoms with Gasteiger partial charge in [0.25, 0.3) is 5.91 Å². The smallest absolute Gasteiger partial charge is 0.338 e. The summed E-state index contributed by atoms with van der Waals surface area (Å²) in [5.41, 5.74) is 3.21. The molecule has 148 valence electrons. The second-order valence-electron chi connectivity index (χ2n) is 6.15. The van der Waals surface area contributed by atoms with E-state index in [1.54, 1.807) is 37.3 Å². The highest BCUT2D eigenvalue weighted by Gasteiger charge is 2.11. The Balaban J connectivity index is 1.71. The second-order valence-corrected chi connectivity index (χ2v) is 6.15. The fourth-order valence-electron chi connectivity index (χ4n) is 2.72. The monoisotopic (exact) mass is 390 g/mol. The predicted molar refractivity (Wildman–Crippen MR) is 111 cm³/mol. The molecule has 1 amide bonds. The van der Waals surface area contributed by atoms with Crippen molar-refractivity contribution in [3.63, 3.8) is 0 Å². The van der Waals surface area contributed by atoms with E-state index in [0.29, 0.717) is 17.9 Å². The topological polar surface area (TPSA) is 93.2 Å². The lowest BCUT2D eigenvalue weighted by molar-refractivity contribution is 0.0526. The molecule has 3 aromatic rings. The maximum absolute atomic E-state index is 12.6. The molecule has 0 aliphatic rings. The molecule has 0 aliphatic heterocycles. The molecule has 29 heavy (non-hydrogen) atoms. The Hall–Kier alpha value is -3.74. The molecule has 3 rings (SSSR count). The van der Waals surface area contributed by atoms with E-state index in [-0.39, 0.29) is 23.5 Å². The number of carbonyl (C=O) groups is 2. The number of anilines is 3. The van der Waals surface area contributed by atoms with E-state index >= 15 is 0 Å². The quantitative estimate of drug-likeness (QED) is 0.587. The first-order chi connectivity index (χ1) is 14.1. The Kier molecular flexibility index (Phi) is 6.52. The predicted octanol–water partition coefficient (Wildman–Crippen LogP) is 4.21. The summed E-state index contributed by atoms with van der Waals surface area (Å²) in [6.45, 7) is 4.12. The summed E-state index contributed by atoms with van der Waals surface area (Å²) < 4.78 is 4.96. The molecule has 0 saturated carbocycles. The van der Waals surface area contributed by atoms with Crippen molar-refractivity contribution in [3.8, 4) is 0 Å². The Morgan fingerprint density at radius 3 is 2.48 bits per heavy atom. The van der Waals surface area contributed by atoms with Crippen LogP contribution in [0.2, 0.25) is 0 Å². The normalized spacial score (nSPS) is 10.3. The van der Waals surface area contributed by atoms with Crippen molar-refractivity contribution >= 4 is 29.2 Å². The van der Waals surface area contributed by atoms with Gasteiger partial charge in [-0.15, -0.1) is 0 Å². The molecule has 7 heteroatoms. The van der Waals surface area contributed by atoms with Gasteiger partial charge in [-0.05, 0) is 55.3 Å². The molecule has 2 N–H and O–H groups in total. The average Bonchev–Trinajstić information content (AvgIpc) is 2.75. The molecule has 1 heterocycles. The molecule has 0 saturated heterocycles. The summed E-state index contributed by atoms with van der Waals surface area (Å²) in [4.78, 5) is 32.7. The minimum absolute atomic E-state index is 0.247. The zero-order valence-corrected chi connectivity index (χ0v) is 16.3. The summed E-state index contributed by atoms with van der Waals surface area (Å²) in [5, 5.41) is 5.92. The first-order valence-corrected chi connectivity index (χ1v) is 9.37. The maximum Gasteiger partial charge on any atom is 0.338 e. The molecule has 0 unspecified atom stereocenters. The average molecular weight is 390 g/mol. The number of hydrogen-bond acceptors (Lipinski definition) is 6. The van der Waals surface area contributed by atoms with E-state index in [1.165, 1.54) is 6.20 Å². The molecule has 0 spiro atoms. The number of amides is 1. The molecule has 0 aliphatic carbocycles. The highest BCUT2D eigenvalue weighted by atomic mass is 16.5. The molecular weight excluding hydrogens is 368 g/mol. The van der Waals surface area contributed by atoms with Gasteiger partial charge in [-0.1, -0.05) is 25.1 Å². The lowest BCUT2D eigenvalue weighted by atomic mass is 10.1. The first kappa shape index (κ1) is 20.0. The van der Waals surface area contributed by atoms with Crippen molar-refractivity contribution in [2.45, 2.75) is 20.3 Å². The van der Waals surface area contributed by atoms with Crippen molar-refractivity contribution in [1.29, 1.82) is 0 Å². The third-order valence-electron chi connectivity index (χ3n) is 4.19. The van der Waals surface area contributed by atoms with Crippen molar-refractivity contribution in [1.82, 2.24) is 9.97 Å². The fraction of sp³-hybridized carbons (Fsp3) is 0.182. The van der Waals surface area contributed by atoms with Gasteiger partial charge in [-0.25, -0.2) is 14.8 Å². The standard InChI is InChI=1S/C22H22N4O3/c1-3-15-7-5-6-8-18(15)25-20(27)19-13-14-23-22(26-19)24-17-11-9-16(10-12-17)21(28)29-4-2/h5-14H,3-4H2,1-2H3,(H,25,27)(H,23,24,26).